The van der Waals surface area contributed by atoms with Crippen molar-refractivity contribution in [1.82, 2.24) is 5.32 Å². The maximum atomic E-state index is 12.0. The lowest BCUT2D eigenvalue weighted by molar-refractivity contribution is 0.0952. The van der Waals surface area contributed by atoms with E-state index in [1.165, 1.54) is 12.8 Å². The van der Waals surface area contributed by atoms with E-state index in [9.17, 15) is 4.79 Å². The van der Waals surface area contributed by atoms with Gasteiger partial charge in [0.2, 0.25) is 0 Å². The van der Waals surface area contributed by atoms with Crippen molar-refractivity contribution in [2.75, 3.05) is 6.54 Å². The van der Waals surface area contributed by atoms with Gasteiger partial charge >= 0.3 is 0 Å². The van der Waals surface area contributed by atoms with E-state index < -0.39 is 0 Å². The van der Waals surface area contributed by atoms with E-state index in [-0.39, 0.29) is 5.91 Å². The zero-order valence-corrected chi connectivity index (χ0v) is 13.8. The van der Waals surface area contributed by atoms with E-state index in [2.05, 4.69) is 53.1 Å². The van der Waals surface area contributed by atoms with E-state index in [4.69, 9.17) is 0 Å². The molecule has 2 nitrogen and oxygen atoms in total. The molecule has 0 aliphatic heterocycles. The number of amides is 1. The fourth-order valence-corrected chi connectivity index (χ4v) is 3.06. The van der Waals surface area contributed by atoms with Gasteiger partial charge in [-0.3, -0.25) is 4.79 Å². The van der Waals surface area contributed by atoms with E-state index >= 15 is 0 Å². The Bertz CT molecular complexity index is 432. The third-order valence-electron chi connectivity index (χ3n) is 2.76. The highest BCUT2D eigenvalue weighted by Gasteiger charge is 2.29. The first-order valence-corrected chi connectivity index (χ1v) is 7.95. The number of alkyl halides is 1. The van der Waals surface area contributed by atoms with Crippen LogP contribution in [0.3, 0.4) is 0 Å². The van der Waals surface area contributed by atoms with E-state index in [1.54, 1.807) is 0 Å². The first-order valence-electron chi connectivity index (χ1n) is 5.45. The quantitative estimate of drug-likeness (QED) is 0.722. The van der Waals surface area contributed by atoms with Gasteiger partial charge in [-0.2, -0.15) is 0 Å². The Kier molecular flexibility index (Phi) is 4.66. The van der Waals surface area contributed by atoms with Crippen LogP contribution < -0.4 is 5.32 Å². The van der Waals surface area contributed by atoms with Gasteiger partial charge in [0.15, 0.2) is 0 Å². The van der Waals surface area contributed by atoms with Crippen LogP contribution in [0.4, 0.5) is 0 Å². The molecule has 0 heterocycles. The minimum absolute atomic E-state index is 0.0386. The normalized spacial score (nSPS) is 16.6. The molecule has 1 aromatic carbocycles. The monoisotopic (exact) mass is 423 g/mol. The molecule has 1 aromatic rings. The van der Waals surface area contributed by atoms with E-state index in [1.807, 2.05) is 18.2 Å². The van der Waals surface area contributed by atoms with Crippen molar-refractivity contribution in [3.8, 4) is 0 Å². The number of halogens is 3. The van der Waals surface area contributed by atoms with Crippen LogP contribution in [0.2, 0.25) is 0 Å². The Morgan fingerprint density at radius 3 is 2.76 bits per heavy atom. The summed E-state index contributed by atoms with van der Waals surface area (Å²) in [5.74, 6) is 0.699. The molecular weight excluding hydrogens is 414 g/mol. The average Bonchev–Trinajstić information content (AvgIpc) is 3.12. The van der Waals surface area contributed by atoms with Crippen molar-refractivity contribution in [2.24, 2.45) is 5.92 Å². The minimum Gasteiger partial charge on any atom is -0.351 e. The van der Waals surface area contributed by atoms with Gasteiger partial charge in [-0.25, -0.2) is 0 Å². The van der Waals surface area contributed by atoms with Crippen LogP contribution in [0.25, 0.3) is 0 Å². The highest BCUT2D eigenvalue weighted by molar-refractivity contribution is 9.11. The standard InChI is InChI=1S/C12H12Br3NO/c13-8-3-4-10(14)9(5-8)12(17)16-6-11(15)7-1-2-7/h3-5,7,11H,1-2,6H2,(H,16,17). The van der Waals surface area contributed by atoms with Crippen LogP contribution >= 0.6 is 47.8 Å². The molecule has 5 heteroatoms. The highest BCUT2D eigenvalue weighted by atomic mass is 79.9. The largest absolute Gasteiger partial charge is 0.351 e. The predicted octanol–water partition coefficient (Wildman–Crippen LogP) is 4.11. The molecule has 1 aliphatic carbocycles. The zero-order chi connectivity index (χ0) is 12.4. The van der Waals surface area contributed by atoms with Crippen molar-refractivity contribution < 1.29 is 4.79 Å². The maximum absolute atomic E-state index is 12.0. The van der Waals surface area contributed by atoms with Gasteiger partial charge < -0.3 is 5.32 Å². The minimum atomic E-state index is -0.0386. The van der Waals surface area contributed by atoms with Crippen LogP contribution in [-0.4, -0.2) is 17.3 Å². The zero-order valence-electron chi connectivity index (χ0n) is 9.05. The van der Waals surface area contributed by atoms with Crippen molar-refractivity contribution >= 4 is 53.7 Å². The van der Waals surface area contributed by atoms with Crippen LogP contribution in [0.1, 0.15) is 23.2 Å². The molecule has 1 fully saturated rings. The van der Waals surface area contributed by atoms with Crippen LogP contribution in [0, 0.1) is 5.92 Å². The van der Waals surface area contributed by atoms with Crippen LogP contribution in [0.5, 0.6) is 0 Å². The number of benzene rings is 1. The number of hydrogen-bond acceptors (Lipinski definition) is 1. The molecular formula is C12H12Br3NO. The second-order valence-electron chi connectivity index (χ2n) is 4.19. The van der Waals surface area contributed by atoms with Crippen molar-refractivity contribution in [3.63, 3.8) is 0 Å². The molecule has 1 saturated carbocycles. The van der Waals surface area contributed by atoms with Crippen LogP contribution in [0.15, 0.2) is 27.1 Å². The number of rotatable bonds is 4. The van der Waals surface area contributed by atoms with Gasteiger partial charge in [-0.1, -0.05) is 31.9 Å². The lowest BCUT2D eigenvalue weighted by Crippen LogP contribution is -2.30. The predicted molar refractivity (Wildman–Crippen MR) is 79.6 cm³/mol. The third kappa shape index (κ3) is 3.80. The SMILES string of the molecule is O=C(NCC(Br)C1CC1)c1cc(Br)ccc1Br. The molecule has 1 N–H and O–H groups in total. The lowest BCUT2D eigenvalue weighted by Gasteiger charge is -2.11. The Labute approximate surface area is 126 Å². The third-order valence-corrected chi connectivity index (χ3v) is 5.02. The molecule has 0 saturated heterocycles. The molecule has 0 spiro atoms. The summed E-state index contributed by atoms with van der Waals surface area (Å²) in [6, 6.07) is 5.59. The molecule has 1 aliphatic rings. The fourth-order valence-electron chi connectivity index (χ4n) is 1.58. The van der Waals surface area contributed by atoms with Crippen molar-refractivity contribution in [3.05, 3.63) is 32.7 Å². The lowest BCUT2D eigenvalue weighted by atomic mass is 10.2. The molecule has 0 aromatic heterocycles. The first kappa shape index (κ1) is 13.6. The fraction of sp³-hybridized carbons (Fsp3) is 0.417. The van der Waals surface area contributed by atoms with E-state index in [0.717, 1.165) is 14.9 Å². The second kappa shape index (κ2) is 5.85. The Hall–Kier alpha value is 0.130. The van der Waals surface area contributed by atoms with Gasteiger partial charge in [0.05, 0.1) is 5.56 Å². The molecule has 17 heavy (non-hydrogen) atoms. The molecule has 0 radical (unpaired) electrons. The van der Waals surface area contributed by atoms with Gasteiger partial charge in [-0.15, -0.1) is 0 Å². The Balaban J connectivity index is 1.96. The van der Waals surface area contributed by atoms with Gasteiger partial charge in [0.1, 0.15) is 0 Å². The maximum Gasteiger partial charge on any atom is 0.252 e. The van der Waals surface area contributed by atoms with Crippen molar-refractivity contribution in [1.29, 1.82) is 0 Å². The topological polar surface area (TPSA) is 29.1 Å². The number of hydrogen-bond donors (Lipinski definition) is 1. The molecule has 1 unspecified atom stereocenters. The van der Waals surface area contributed by atoms with Gasteiger partial charge in [0.25, 0.3) is 5.91 Å². The summed E-state index contributed by atoms with van der Waals surface area (Å²) < 4.78 is 1.72. The van der Waals surface area contributed by atoms with Gasteiger partial charge in [0, 0.05) is 20.3 Å². The average molecular weight is 426 g/mol. The Morgan fingerprint density at radius 1 is 1.41 bits per heavy atom. The molecule has 0 bridgehead atoms. The summed E-state index contributed by atoms with van der Waals surface area (Å²) in [6.45, 7) is 0.683. The summed E-state index contributed by atoms with van der Waals surface area (Å²) in [5, 5.41) is 2.95. The van der Waals surface area contributed by atoms with Crippen LogP contribution in [-0.2, 0) is 0 Å². The number of nitrogens with one attached hydrogen (secondary N) is 1. The van der Waals surface area contributed by atoms with Gasteiger partial charge in [-0.05, 0) is 52.9 Å². The van der Waals surface area contributed by atoms with Crippen molar-refractivity contribution in [2.45, 2.75) is 17.7 Å². The highest BCUT2D eigenvalue weighted by Crippen LogP contribution is 2.36. The molecule has 92 valence electrons. The second-order valence-corrected chi connectivity index (χ2v) is 7.13. The number of carbonyl (C=O) groups is 1. The molecule has 2 rings (SSSR count). The molecule has 1 atom stereocenters. The summed E-state index contributed by atoms with van der Waals surface area (Å²) >= 11 is 10.4. The summed E-state index contributed by atoms with van der Waals surface area (Å²) in [6.07, 6.45) is 2.54. The molecule has 1 amide bonds. The summed E-state index contributed by atoms with van der Waals surface area (Å²) in [4.78, 5) is 12.4. The smallest absolute Gasteiger partial charge is 0.252 e. The number of carbonyl (C=O) groups excluding carboxylic acids is 1. The summed E-state index contributed by atoms with van der Waals surface area (Å²) in [7, 11) is 0. The summed E-state index contributed by atoms with van der Waals surface area (Å²) in [5.41, 5.74) is 0.662. The first-order chi connectivity index (χ1) is 8.08. The van der Waals surface area contributed by atoms with E-state index in [0.29, 0.717) is 16.9 Å². The Morgan fingerprint density at radius 2 is 2.12 bits per heavy atom.